The Hall–Kier alpha value is -1.36. The number of nitrogens with zero attached hydrogens (tertiary/aromatic N) is 2. The minimum Gasteiger partial charge on any atom is -0.396 e. The van der Waals surface area contributed by atoms with E-state index >= 15 is 0 Å². The van der Waals surface area contributed by atoms with Crippen LogP contribution < -0.4 is 5.32 Å². The van der Waals surface area contributed by atoms with Crippen LogP contribution in [0.25, 0.3) is 0 Å². The fourth-order valence-corrected chi connectivity index (χ4v) is 2.47. The number of nitrogens with one attached hydrogen (secondary N) is 1. The Labute approximate surface area is 121 Å². The Morgan fingerprint density at radius 2 is 2.20 bits per heavy atom. The predicted molar refractivity (Wildman–Crippen MR) is 79.6 cm³/mol. The lowest BCUT2D eigenvalue weighted by Gasteiger charge is -2.18. The zero-order chi connectivity index (χ0) is 15.1. The predicted octanol–water partition coefficient (Wildman–Crippen LogP) is 1.76. The molecule has 20 heavy (non-hydrogen) atoms. The zero-order valence-corrected chi connectivity index (χ0v) is 13.0. The van der Waals surface area contributed by atoms with Gasteiger partial charge < -0.3 is 10.4 Å². The highest BCUT2D eigenvalue weighted by Crippen LogP contribution is 2.15. The molecule has 0 saturated carbocycles. The van der Waals surface area contributed by atoms with Crippen LogP contribution in [0.1, 0.15) is 49.7 Å². The Kier molecular flexibility index (Phi) is 6.71. The number of aliphatic hydroxyl groups is 1. The quantitative estimate of drug-likeness (QED) is 0.763. The van der Waals surface area contributed by atoms with Crippen LogP contribution >= 0.6 is 0 Å². The lowest BCUT2D eigenvalue weighted by molar-refractivity contribution is 0.0940. The maximum absolute atomic E-state index is 12.2. The van der Waals surface area contributed by atoms with Crippen molar-refractivity contribution in [3.63, 3.8) is 0 Å². The van der Waals surface area contributed by atoms with E-state index in [4.69, 9.17) is 5.11 Å². The summed E-state index contributed by atoms with van der Waals surface area (Å²) in [6.45, 7) is 7.08. The van der Waals surface area contributed by atoms with Crippen LogP contribution in [0.15, 0.2) is 6.20 Å². The summed E-state index contributed by atoms with van der Waals surface area (Å²) in [4.78, 5) is 12.2. The van der Waals surface area contributed by atoms with E-state index in [9.17, 15) is 4.79 Å². The number of aromatic nitrogens is 2. The van der Waals surface area contributed by atoms with Gasteiger partial charge in [0.2, 0.25) is 0 Å². The summed E-state index contributed by atoms with van der Waals surface area (Å²) in [5, 5.41) is 16.3. The van der Waals surface area contributed by atoms with Crippen molar-refractivity contribution in [1.82, 2.24) is 15.1 Å². The number of carbonyl (C=O) groups excluding carboxylic acids is 1. The van der Waals surface area contributed by atoms with Crippen LogP contribution in [-0.4, -0.2) is 33.9 Å². The van der Waals surface area contributed by atoms with Crippen LogP contribution in [0.4, 0.5) is 0 Å². The molecule has 0 spiro atoms. The molecule has 1 unspecified atom stereocenters. The highest BCUT2D eigenvalue weighted by molar-refractivity contribution is 5.95. The van der Waals surface area contributed by atoms with Gasteiger partial charge in [-0.3, -0.25) is 9.48 Å². The monoisotopic (exact) mass is 281 g/mol. The molecule has 1 rings (SSSR count). The number of rotatable bonds is 8. The molecule has 1 aromatic heterocycles. The molecule has 2 N–H and O–H groups in total. The first-order chi connectivity index (χ1) is 9.47. The number of carbonyl (C=O) groups is 1. The Morgan fingerprint density at radius 3 is 2.75 bits per heavy atom. The maximum Gasteiger partial charge on any atom is 0.254 e. The molecule has 0 aromatic carbocycles. The molecule has 1 atom stereocenters. The van der Waals surface area contributed by atoms with Gasteiger partial charge in [-0.1, -0.05) is 20.8 Å². The van der Waals surface area contributed by atoms with Crippen molar-refractivity contribution >= 4 is 5.91 Å². The van der Waals surface area contributed by atoms with E-state index in [0.29, 0.717) is 23.9 Å². The van der Waals surface area contributed by atoms with Gasteiger partial charge in [0, 0.05) is 26.4 Å². The van der Waals surface area contributed by atoms with Crippen molar-refractivity contribution in [1.29, 1.82) is 0 Å². The first-order valence-electron chi connectivity index (χ1n) is 7.39. The maximum atomic E-state index is 12.2. The fraction of sp³-hybridized carbons (Fsp3) is 0.733. The van der Waals surface area contributed by atoms with Gasteiger partial charge >= 0.3 is 0 Å². The molecular weight excluding hydrogens is 254 g/mol. The second kappa shape index (κ2) is 8.04. The number of amides is 1. The normalized spacial score (nSPS) is 12.7. The van der Waals surface area contributed by atoms with Gasteiger partial charge in [-0.2, -0.15) is 5.10 Å². The van der Waals surface area contributed by atoms with Crippen LogP contribution in [0.5, 0.6) is 0 Å². The molecule has 0 fully saturated rings. The van der Waals surface area contributed by atoms with E-state index in [1.165, 1.54) is 0 Å². The molecule has 1 heterocycles. The molecule has 0 aliphatic rings. The molecular formula is C15H27N3O2. The van der Waals surface area contributed by atoms with E-state index in [1.54, 1.807) is 10.9 Å². The molecule has 1 amide bonds. The average molecular weight is 281 g/mol. The van der Waals surface area contributed by atoms with E-state index in [1.807, 2.05) is 14.0 Å². The summed E-state index contributed by atoms with van der Waals surface area (Å²) in [5.41, 5.74) is 1.48. The SMILES string of the molecule is CCc1nn(C)cc1C(=O)NCC(CCO)CC(C)C. The summed E-state index contributed by atoms with van der Waals surface area (Å²) in [6, 6.07) is 0. The molecule has 0 radical (unpaired) electrons. The minimum absolute atomic E-state index is 0.0679. The van der Waals surface area contributed by atoms with Crippen LogP contribution in [0.3, 0.4) is 0 Å². The van der Waals surface area contributed by atoms with Gasteiger partial charge in [-0.15, -0.1) is 0 Å². The number of aryl methyl sites for hydroxylation is 2. The van der Waals surface area contributed by atoms with Crippen molar-refractivity contribution < 1.29 is 9.90 Å². The van der Waals surface area contributed by atoms with Crippen molar-refractivity contribution in [3.8, 4) is 0 Å². The number of hydrogen-bond donors (Lipinski definition) is 2. The summed E-state index contributed by atoms with van der Waals surface area (Å²) in [7, 11) is 1.82. The smallest absolute Gasteiger partial charge is 0.254 e. The minimum atomic E-state index is -0.0679. The Bertz CT molecular complexity index is 427. The summed E-state index contributed by atoms with van der Waals surface area (Å²) < 4.78 is 1.67. The van der Waals surface area contributed by atoms with E-state index in [-0.39, 0.29) is 12.5 Å². The molecule has 0 bridgehead atoms. The third-order valence-electron chi connectivity index (χ3n) is 3.38. The van der Waals surface area contributed by atoms with Gasteiger partial charge in [-0.25, -0.2) is 0 Å². The lowest BCUT2D eigenvalue weighted by atomic mass is 9.94. The summed E-state index contributed by atoms with van der Waals surface area (Å²) in [5.74, 6) is 0.820. The van der Waals surface area contributed by atoms with Crippen LogP contribution in [0, 0.1) is 11.8 Å². The first kappa shape index (κ1) is 16.7. The van der Waals surface area contributed by atoms with Crippen molar-refractivity contribution in [2.24, 2.45) is 18.9 Å². The van der Waals surface area contributed by atoms with Gasteiger partial charge in [0.05, 0.1) is 11.3 Å². The van der Waals surface area contributed by atoms with Crippen molar-refractivity contribution in [3.05, 3.63) is 17.5 Å². The van der Waals surface area contributed by atoms with E-state index in [2.05, 4.69) is 24.3 Å². The van der Waals surface area contributed by atoms with Gasteiger partial charge in [0.25, 0.3) is 5.91 Å². The highest BCUT2D eigenvalue weighted by atomic mass is 16.3. The van der Waals surface area contributed by atoms with Gasteiger partial charge in [-0.05, 0) is 31.1 Å². The van der Waals surface area contributed by atoms with E-state index in [0.717, 1.165) is 25.0 Å². The molecule has 114 valence electrons. The lowest BCUT2D eigenvalue weighted by Crippen LogP contribution is -2.30. The summed E-state index contributed by atoms with van der Waals surface area (Å²) >= 11 is 0. The number of hydrogen-bond acceptors (Lipinski definition) is 3. The Morgan fingerprint density at radius 1 is 1.50 bits per heavy atom. The second-order valence-corrected chi connectivity index (χ2v) is 5.73. The standard InChI is InChI=1S/C15H27N3O2/c1-5-14-13(10-18(4)17-14)15(20)16-9-12(6-7-19)8-11(2)3/h10-12,19H,5-9H2,1-4H3,(H,16,20). The van der Waals surface area contributed by atoms with Gasteiger partial charge in [0.1, 0.15) is 0 Å². The fourth-order valence-electron chi connectivity index (χ4n) is 2.47. The molecule has 1 aromatic rings. The van der Waals surface area contributed by atoms with Crippen LogP contribution in [-0.2, 0) is 13.5 Å². The molecule has 5 heteroatoms. The third kappa shape index (κ3) is 4.96. The first-order valence-corrected chi connectivity index (χ1v) is 7.39. The second-order valence-electron chi connectivity index (χ2n) is 5.73. The average Bonchev–Trinajstić information content (AvgIpc) is 2.76. The third-order valence-corrected chi connectivity index (χ3v) is 3.38. The topological polar surface area (TPSA) is 67.2 Å². The number of aliphatic hydroxyl groups excluding tert-OH is 1. The molecule has 5 nitrogen and oxygen atoms in total. The highest BCUT2D eigenvalue weighted by Gasteiger charge is 2.16. The zero-order valence-electron chi connectivity index (χ0n) is 13.0. The largest absolute Gasteiger partial charge is 0.396 e. The molecule has 0 saturated heterocycles. The van der Waals surface area contributed by atoms with E-state index < -0.39 is 0 Å². The molecule has 0 aliphatic carbocycles. The van der Waals surface area contributed by atoms with Crippen molar-refractivity contribution in [2.45, 2.75) is 40.0 Å². The summed E-state index contributed by atoms with van der Waals surface area (Å²) in [6.07, 6.45) is 4.24. The van der Waals surface area contributed by atoms with Crippen LogP contribution in [0.2, 0.25) is 0 Å². The Balaban J connectivity index is 2.60. The van der Waals surface area contributed by atoms with Crippen molar-refractivity contribution in [2.75, 3.05) is 13.2 Å². The molecule has 0 aliphatic heterocycles. The van der Waals surface area contributed by atoms with Gasteiger partial charge in [0.15, 0.2) is 0 Å².